The first-order valence-corrected chi connectivity index (χ1v) is 11.0. The van der Waals surface area contributed by atoms with Crippen LogP contribution in [0.5, 0.6) is 5.75 Å². The first kappa shape index (κ1) is 25.8. The van der Waals surface area contributed by atoms with E-state index in [2.05, 4.69) is 0 Å². The van der Waals surface area contributed by atoms with E-state index in [0.29, 0.717) is 36.4 Å². The summed E-state index contributed by atoms with van der Waals surface area (Å²) >= 11 is 0. The molecule has 0 aliphatic carbocycles. The molecule has 1 fully saturated rings. The molecular weight excluding hydrogens is 470 g/mol. The number of hydrogen-bond acceptors (Lipinski definition) is 6. The van der Waals surface area contributed by atoms with E-state index in [4.69, 9.17) is 25.0 Å². The van der Waals surface area contributed by atoms with Gasteiger partial charge in [-0.2, -0.15) is 0 Å². The van der Waals surface area contributed by atoms with E-state index in [9.17, 15) is 9.59 Å². The molecule has 1 aliphatic heterocycles. The predicted octanol–water partition coefficient (Wildman–Crippen LogP) is 4.13. The van der Waals surface area contributed by atoms with Crippen LogP contribution < -0.4 is 10.5 Å². The lowest BCUT2D eigenvalue weighted by Gasteiger charge is -2.24. The fraction of sp³-hybridized carbons (Fsp3) is 0.269. The van der Waals surface area contributed by atoms with Crippen LogP contribution in [0.3, 0.4) is 0 Å². The summed E-state index contributed by atoms with van der Waals surface area (Å²) in [7, 11) is 1.37. The van der Waals surface area contributed by atoms with Gasteiger partial charge in [0.1, 0.15) is 24.5 Å². The number of methoxy groups -OCH3 is 1. The molecule has 1 amide bonds. The lowest BCUT2D eigenvalue weighted by molar-refractivity contribution is -0.141. The van der Waals surface area contributed by atoms with Gasteiger partial charge < -0.3 is 24.5 Å². The van der Waals surface area contributed by atoms with Gasteiger partial charge >= 0.3 is 5.97 Å². The second-order valence-electron chi connectivity index (χ2n) is 8.33. The Balaban J connectivity index is 0.00000342. The summed E-state index contributed by atoms with van der Waals surface area (Å²) in [4.78, 5) is 26.5. The number of amides is 1. The molecule has 1 saturated heterocycles. The topological polar surface area (TPSA) is 119 Å². The molecule has 2 heterocycles. The number of nitrogen functional groups attached to an aromatic ring is 1. The number of hydrogen-bond donors (Lipinski definition) is 2. The van der Waals surface area contributed by atoms with E-state index in [0.717, 1.165) is 11.1 Å². The number of nitrogens with one attached hydrogen (secondary N) is 1. The zero-order valence-corrected chi connectivity index (χ0v) is 20.1. The zero-order valence-electron chi connectivity index (χ0n) is 19.3. The van der Waals surface area contributed by atoms with Crippen molar-refractivity contribution in [2.24, 2.45) is 11.7 Å². The number of nitrogens with two attached hydrogens (primary N) is 1. The molecule has 0 unspecified atom stereocenters. The van der Waals surface area contributed by atoms with E-state index in [1.165, 1.54) is 19.6 Å². The second kappa shape index (κ2) is 11.6. The van der Waals surface area contributed by atoms with Gasteiger partial charge in [0.15, 0.2) is 0 Å². The molecule has 9 heteroatoms. The fourth-order valence-electron chi connectivity index (χ4n) is 4.22. The highest BCUT2D eigenvalue weighted by molar-refractivity contribution is 5.95. The van der Waals surface area contributed by atoms with Crippen LogP contribution in [-0.2, 0) is 9.53 Å². The molecule has 8 nitrogen and oxygen atoms in total. The monoisotopic (exact) mass is 497 g/mol. The molecule has 2 atom stereocenters. The summed E-state index contributed by atoms with van der Waals surface area (Å²) < 4.78 is 15.9. The highest BCUT2D eigenvalue weighted by atomic mass is 35.5. The van der Waals surface area contributed by atoms with Gasteiger partial charge in [0.25, 0.3) is 5.91 Å². The van der Waals surface area contributed by atoms with Crippen LogP contribution >= 0.6 is 12.4 Å². The summed E-state index contributed by atoms with van der Waals surface area (Å²) in [5, 5.41) is 7.50. The van der Waals surface area contributed by atoms with Crippen LogP contribution in [0.15, 0.2) is 71.5 Å². The third-order valence-corrected chi connectivity index (χ3v) is 6.04. The molecule has 0 bridgehead atoms. The molecular formula is C26H28ClN3O5. The minimum Gasteiger partial charge on any atom is -0.491 e. The van der Waals surface area contributed by atoms with E-state index < -0.39 is 0 Å². The Morgan fingerprint density at radius 1 is 1.06 bits per heavy atom. The van der Waals surface area contributed by atoms with Crippen LogP contribution in [0.4, 0.5) is 0 Å². The fourth-order valence-corrected chi connectivity index (χ4v) is 4.22. The lowest BCUT2D eigenvalue weighted by Crippen LogP contribution is -2.39. The second-order valence-corrected chi connectivity index (χ2v) is 8.33. The van der Waals surface area contributed by atoms with Crippen LogP contribution in [0, 0.1) is 11.3 Å². The van der Waals surface area contributed by atoms with Crippen LogP contribution in [0.2, 0.25) is 0 Å². The number of carbonyl (C=O) groups excluding carboxylic acids is 2. The SMILES string of the molecule is COC(=O)C[C@@H]1C[C@@H](COc2ccc(-c3ccc(C(=N)N)cc3)cc2)N(C(=O)c2ccoc2)C1.Cl. The number of halogens is 1. The number of esters is 1. The Kier molecular flexibility index (Phi) is 8.54. The van der Waals surface area contributed by atoms with E-state index in [1.807, 2.05) is 48.5 Å². The van der Waals surface area contributed by atoms with Crippen molar-refractivity contribution in [2.45, 2.75) is 18.9 Å². The average molecular weight is 498 g/mol. The molecule has 3 aromatic rings. The largest absolute Gasteiger partial charge is 0.491 e. The Morgan fingerprint density at radius 2 is 1.71 bits per heavy atom. The highest BCUT2D eigenvalue weighted by Crippen LogP contribution is 2.29. The predicted molar refractivity (Wildman–Crippen MR) is 134 cm³/mol. The van der Waals surface area contributed by atoms with E-state index in [-0.39, 0.29) is 48.5 Å². The normalized spacial score (nSPS) is 16.9. The van der Waals surface area contributed by atoms with Crippen molar-refractivity contribution in [3.63, 3.8) is 0 Å². The molecule has 1 aliphatic rings. The zero-order chi connectivity index (χ0) is 24.1. The van der Waals surface area contributed by atoms with Crippen molar-refractivity contribution in [2.75, 3.05) is 20.3 Å². The first-order valence-electron chi connectivity index (χ1n) is 11.0. The molecule has 0 radical (unpaired) electrons. The molecule has 184 valence electrons. The summed E-state index contributed by atoms with van der Waals surface area (Å²) in [6.45, 7) is 0.774. The van der Waals surface area contributed by atoms with Crippen LogP contribution in [0.1, 0.15) is 28.8 Å². The maximum absolute atomic E-state index is 13.0. The number of carbonyl (C=O) groups is 2. The van der Waals surface area contributed by atoms with Crippen molar-refractivity contribution in [3.05, 3.63) is 78.3 Å². The molecule has 4 rings (SSSR count). The number of amidine groups is 1. The summed E-state index contributed by atoms with van der Waals surface area (Å²) in [6.07, 6.45) is 3.81. The van der Waals surface area contributed by atoms with E-state index >= 15 is 0 Å². The third kappa shape index (κ3) is 6.22. The summed E-state index contributed by atoms with van der Waals surface area (Å²) in [5.41, 5.74) is 8.70. The quantitative estimate of drug-likeness (QED) is 0.274. The maximum Gasteiger partial charge on any atom is 0.305 e. The molecule has 0 saturated carbocycles. The number of furan rings is 1. The van der Waals surface area contributed by atoms with E-state index in [1.54, 1.807) is 11.0 Å². The summed E-state index contributed by atoms with van der Waals surface area (Å²) in [5.74, 6) is 0.318. The standard InChI is InChI=1S/C26H27N3O5.ClH/c1-32-24(30)13-17-12-22(29(14-17)26(31)21-10-11-33-15-21)16-34-23-8-6-19(7-9-23)18-2-4-20(5-3-18)25(27)28;/h2-11,15,17,22H,12-14,16H2,1H3,(H3,27,28);1H/t17-,22-;/m0./s1. The molecule has 35 heavy (non-hydrogen) atoms. The highest BCUT2D eigenvalue weighted by Gasteiger charge is 2.37. The number of likely N-dealkylation sites (tertiary alicyclic amines) is 1. The van der Waals surface area contributed by atoms with Crippen molar-refractivity contribution >= 4 is 30.1 Å². The first-order chi connectivity index (χ1) is 16.4. The molecule has 3 N–H and O–H groups in total. The Hall–Kier alpha value is -3.78. The van der Waals surface area contributed by atoms with Crippen molar-refractivity contribution < 1.29 is 23.5 Å². The molecule has 0 spiro atoms. The van der Waals surface area contributed by atoms with Crippen molar-refractivity contribution in [1.82, 2.24) is 4.90 Å². The van der Waals surface area contributed by atoms with Gasteiger partial charge in [-0.3, -0.25) is 15.0 Å². The van der Waals surface area contributed by atoms with Gasteiger partial charge in [0.2, 0.25) is 0 Å². The third-order valence-electron chi connectivity index (χ3n) is 6.04. The Labute approximate surface area is 209 Å². The Morgan fingerprint density at radius 3 is 2.29 bits per heavy atom. The van der Waals surface area contributed by atoms with Gasteiger partial charge in [0, 0.05) is 12.1 Å². The number of benzene rings is 2. The minimum atomic E-state index is -0.283. The maximum atomic E-state index is 13.0. The van der Waals surface area contributed by atoms with Crippen molar-refractivity contribution in [3.8, 4) is 16.9 Å². The van der Waals surface area contributed by atoms with Gasteiger partial charge in [0.05, 0.1) is 31.4 Å². The number of ether oxygens (including phenoxy) is 2. The lowest BCUT2D eigenvalue weighted by atomic mass is 10.0. The van der Waals surface area contributed by atoms with Gasteiger partial charge in [-0.15, -0.1) is 12.4 Å². The van der Waals surface area contributed by atoms with Crippen LogP contribution in [0.25, 0.3) is 11.1 Å². The smallest absolute Gasteiger partial charge is 0.305 e. The van der Waals surface area contributed by atoms with Crippen LogP contribution in [-0.4, -0.2) is 48.9 Å². The number of rotatable bonds is 8. The van der Waals surface area contributed by atoms with Gasteiger partial charge in [-0.05, 0) is 41.7 Å². The average Bonchev–Trinajstić information content (AvgIpc) is 3.53. The van der Waals surface area contributed by atoms with Crippen molar-refractivity contribution in [1.29, 1.82) is 5.41 Å². The summed E-state index contributed by atoms with van der Waals surface area (Å²) in [6, 6.07) is 16.6. The molecule has 1 aromatic heterocycles. The Bertz CT molecular complexity index is 1150. The van der Waals surface area contributed by atoms with Gasteiger partial charge in [-0.25, -0.2) is 0 Å². The minimum absolute atomic E-state index is 0. The van der Waals surface area contributed by atoms with Gasteiger partial charge in [-0.1, -0.05) is 36.4 Å². The number of nitrogens with zero attached hydrogens (tertiary/aromatic N) is 1. The molecule has 2 aromatic carbocycles.